The van der Waals surface area contributed by atoms with Crippen LogP contribution in [0.25, 0.3) is 10.9 Å². The zero-order valence-corrected chi connectivity index (χ0v) is 12.1. The van der Waals surface area contributed by atoms with Gasteiger partial charge in [0, 0.05) is 10.4 Å². The van der Waals surface area contributed by atoms with E-state index in [0.717, 1.165) is 16.3 Å². The lowest BCUT2D eigenvalue weighted by Crippen LogP contribution is -2.07. The lowest BCUT2D eigenvalue weighted by Gasteiger charge is -2.20. The van der Waals surface area contributed by atoms with Crippen LogP contribution in [-0.4, -0.2) is 10.7 Å². The van der Waals surface area contributed by atoms with Crippen LogP contribution >= 0.6 is 23.4 Å². The lowest BCUT2D eigenvalue weighted by molar-refractivity contribution is 0.674. The molecule has 0 saturated heterocycles. The molecule has 1 aliphatic rings. The van der Waals surface area contributed by atoms with E-state index in [4.69, 9.17) is 16.6 Å². The zero-order chi connectivity index (χ0) is 12.5. The van der Waals surface area contributed by atoms with Gasteiger partial charge in [-0.3, -0.25) is 0 Å². The van der Waals surface area contributed by atoms with Crippen molar-refractivity contribution in [1.82, 2.24) is 4.98 Å². The fraction of sp³-hybridized carbons (Fsp3) is 0.400. The molecular weight excluding hydrogens is 262 g/mol. The number of benzene rings is 1. The maximum atomic E-state index is 6.08. The lowest BCUT2D eigenvalue weighted by atomic mass is 9.90. The number of nitrogens with zero attached hydrogens (tertiary/aromatic N) is 1. The highest BCUT2D eigenvalue weighted by Crippen LogP contribution is 2.35. The number of halogens is 1. The SMILES string of the molecule is CCSc1nc2cc(Cl)ccc2c2c1CCCC2. The third-order valence-electron chi connectivity index (χ3n) is 3.51. The second-order valence-corrected chi connectivity index (χ2v) is 6.36. The van der Waals surface area contributed by atoms with Crippen molar-refractivity contribution in [1.29, 1.82) is 0 Å². The minimum atomic E-state index is 0.776. The molecule has 0 bridgehead atoms. The van der Waals surface area contributed by atoms with Crippen molar-refractivity contribution in [3.8, 4) is 0 Å². The predicted octanol–water partition coefficient (Wildman–Crippen LogP) is 4.88. The first-order chi connectivity index (χ1) is 8.79. The molecule has 0 amide bonds. The molecule has 0 radical (unpaired) electrons. The summed E-state index contributed by atoms with van der Waals surface area (Å²) in [6.45, 7) is 2.18. The molecule has 1 aromatic heterocycles. The highest BCUT2D eigenvalue weighted by atomic mass is 35.5. The van der Waals surface area contributed by atoms with Gasteiger partial charge in [0.15, 0.2) is 0 Å². The summed E-state index contributed by atoms with van der Waals surface area (Å²) in [6.07, 6.45) is 4.96. The van der Waals surface area contributed by atoms with Gasteiger partial charge in [-0.2, -0.15) is 0 Å². The Morgan fingerprint density at radius 1 is 1.22 bits per heavy atom. The minimum absolute atomic E-state index is 0.776. The van der Waals surface area contributed by atoms with Crippen LogP contribution in [0.15, 0.2) is 23.2 Å². The smallest absolute Gasteiger partial charge is 0.100 e. The highest BCUT2D eigenvalue weighted by Gasteiger charge is 2.18. The molecule has 0 spiro atoms. The fourth-order valence-electron chi connectivity index (χ4n) is 2.72. The quantitative estimate of drug-likeness (QED) is 0.726. The molecule has 2 aromatic rings. The Balaban J connectivity index is 2.28. The Morgan fingerprint density at radius 2 is 2.00 bits per heavy atom. The molecule has 3 rings (SSSR count). The number of rotatable bonds is 2. The Bertz CT molecular complexity index is 595. The van der Waals surface area contributed by atoms with Gasteiger partial charge in [-0.05, 0) is 54.7 Å². The fourth-order valence-corrected chi connectivity index (χ4v) is 3.73. The van der Waals surface area contributed by atoms with Crippen molar-refractivity contribution in [3.05, 3.63) is 34.3 Å². The van der Waals surface area contributed by atoms with Crippen LogP contribution in [0.5, 0.6) is 0 Å². The Hall–Kier alpha value is -0.730. The van der Waals surface area contributed by atoms with Crippen LogP contribution in [0, 0.1) is 0 Å². The van der Waals surface area contributed by atoms with E-state index in [0.29, 0.717) is 0 Å². The third kappa shape index (κ3) is 2.12. The number of aromatic nitrogens is 1. The van der Waals surface area contributed by atoms with Crippen molar-refractivity contribution >= 4 is 34.3 Å². The molecule has 0 aliphatic heterocycles. The topological polar surface area (TPSA) is 12.9 Å². The molecule has 94 valence electrons. The normalized spacial score (nSPS) is 14.8. The molecule has 1 aromatic carbocycles. The van der Waals surface area contributed by atoms with Crippen LogP contribution in [0.3, 0.4) is 0 Å². The predicted molar refractivity (Wildman–Crippen MR) is 79.8 cm³/mol. The maximum Gasteiger partial charge on any atom is 0.100 e. The first-order valence-electron chi connectivity index (χ1n) is 6.53. The van der Waals surface area contributed by atoms with Gasteiger partial charge in [0.25, 0.3) is 0 Å². The average Bonchev–Trinajstić information content (AvgIpc) is 2.39. The molecule has 3 heteroatoms. The monoisotopic (exact) mass is 277 g/mol. The standard InChI is InChI=1S/C15H16ClNS/c1-2-18-15-13-6-4-3-5-11(13)12-8-7-10(16)9-14(12)17-15/h7-9H,2-6H2,1H3. The Kier molecular flexibility index (Phi) is 3.49. The van der Waals surface area contributed by atoms with E-state index in [1.165, 1.54) is 47.2 Å². The molecule has 0 N–H and O–H groups in total. The van der Waals surface area contributed by atoms with Gasteiger partial charge in [0.1, 0.15) is 5.03 Å². The van der Waals surface area contributed by atoms with Crippen molar-refractivity contribution < 1.29 is 0 Å². The summed E-state index contributed by atoms with van der Waals surface area (Å²) in [5.74, 6) is 1.07. The molecule has 18 heavy (non-hydrogen) atoms. The number of pyridine rings is 1. The van der Waals surface area contributed by atoms with Gasteiger partial charge < -0.3 is 0 Å². The first kappa shape index (κ1) is 12.3. The van der Waals surface area contributed by atoms with Crippen molar-refractivity contribution in [3.63, 3.8) is 0 Å². The zero-order valence-electron chi connectivity index (χ0n) is 10.5. The van der Waals surface area contributed by atoms with Crippen LogP contribution in [0.2, 0.25) is 5.02 Å². The van der Waals surface area contributed by atoms with Crippen LogP contribution in [0.4, 0.5) is 0 Å². The highest BCUT2D eigenvalue weighted by molar-refractivity contribution is 7.99. The summed E-state index contributed by atoms with van der Waals surface area (Å²) < 4.78 is 0. The molecule has 0 unspecified atom stereocenters. The maximum absolute atomic E-state index is 6.08. The van der Waals surface area contributed by atoms with Gasteiger partial charge in [-0.25, -0.2) is 4.98 Å². The second kappa shape index (κ2) is 5.10. The Morgan fingerprint density at radius 3 is 2.78 bits per heavy atom. The van der Waals surface area contributed by atoms with Crippen LogP contribution < -0.4 is 0 Å². The summed E-state index contributed by atoms with van der Waals surface area (Å²) in [5, 5.41) is 3.30. The number of hydrogen-bond donors (Lipinski definition) is 0. The summed E-state index contributed by atoms with van der Waals surface area (Å²) in [7, 11) is 0. The second-order valence-electron chi connectivity index (χ2n) is 4.68. The van der Waals surface area contributed by atoms with Crippen molar-refractivity contribution in [2.75, 3.05) is 5.75 Å². The Labute approximate surface area is 117 Å². The van der Waals surface area contributed by atoms with Crippen molar-refractivity contribution in [2.24, 2.45) is 0 Å². The molecule has 0 saturated carbocycles. The van der Waals surface area contributed by atoms with E-state index >= 15 is 0 Å². The molecular formula is C15H16ClNS. The summed E-state index contributed by atoms with van der Waals surface area (Å²) in [6, 6.07) is 6.10. The van der Waals surface area contributed by atoms with E-state index in [1.807, 2.05) is 23.9 Å². The van der Waals surface area contributed by atoms with Gasteiger partial charge in [0.2, 0.25) is 0 Å². The number of hydrogen-bond acceptors (Lipinski definition) is 2. The number of aryl methyl sites for hydroxylation is 1. The van der Waals surface area contributed by atoms with Gasteiger partial charge in [-0.15, -0.1) is 11.8 Å². The molecule has 1 heterocycles. The van der Waals surface area contributed by atoms with E-state index in [9.17, 15) is 0 Å². The van der Waals surface area contributed by atoms with Gasteiger partial charge in [0.05, 0.1) is 5.52 Å². The molecule has 1 nitrogen and oxygen atoms in total. The summed E-state index contributed by atoms with van der Waals surface area (Å²) in [4.78, 5) is 4.82. The van der Waals surface area contributed by atoms with E-state index in [2.05, 4.69) is 13.0 Å². The molecule has 1 aliphatic carbocycles. The van der Waals surface area contributed by atoms with Crippen LogP contribution in [0.1, 0.15) is 30.9 Å². The average molecular weight is 278 g/mol. The van der Waals surface area contributed by atoms with E-state index < -0.39 is 0 Å². The van der Waals surface area contributed by atoms with Crippen molar-refractivity contribution in [2.45, 2.75) is 37.6 Å². The molecule has 0 fully saturated rings. The number of fused-ring (bicyclic) bond motifs is 3. The van der Waals surface area contributed by atoms with Gasteiger partial charge in [-0.1, -0.05) is 24.6 Å². The minimum Gasteiger partial charge on any atom is -0.241 e. The largest absolute Gasteiger partial charge is 0.241 e. The van der Waals surface area contributed by atoms with E-state index in [1.54, 1.807) is 0 Å². The summed E-state index contributed by atoms with van der Waals surface area (Å²) >= 11 is 7.94. The molecule has 0 atom stereocenters. The third-order valence-corrected chi connectivity index (χ3v) is 4.65. The van der Waals surface area contributed by atoms with E-state index in [-0.39, 0.29) is 0 Å². The first-order valence-corrected chi connectivity index (χ1v) is 7.89. The van der Waals surface area contributed by atoms with Gasteiger partial charge >= 0.3 is 0 Å². The summed E-state index contributed by atoms with van der Waals surface area (Å²) in [5.41, 5.74) is 4.06. The van der Waals surface area contributed by atoms with Crippen LogP contribution in [-0.2, 0) is 12.8 Å². The number of thioether (sulfide) groups is 1.